The molecule has 0 fully saturated rings. The number of ether oxygens (including phenoxy) is 3. The highest BCUT2D eigenvalue weighted by Gasteiger charge is 2.54. The summed E-state index contributed by atoms with van der Waals surface area (Å²) in [5.74, 6) is 1.53. The number of hydrogen-bond donors (Lipinski definition) is 2. The van der Waals surface area contributed by atoms with E-state index < -0.39 is 29.5 Å². The number of carbonyl (C=O) groups is 2. The van der Waals surface area contributed by atoms with Crippen molar-refractivity contribution in [3.05, 3.63) is 203 Å². The van der Waals surface area contributed by atoms with Crippen LogP contribution in [0.4, 0.5) is 10.5 Å². The summed E-state index contributed by atoms with van der Waals surface area (Å²) in [6, 6.07) is 47.1. The van der Waals surface area contributed by atoms with Crippen LogP contribution in [-0.2, 0) is 52.6 Å². The van der Waals surface area contributed by atoms with Crippen molar-refractivity contribution in [2.45, 2.75) is 64.3 Å². The smallest absolute Gasteiger partial charge is 0.408 e. The molecule has 6 aromatic carbocycles. The Hall–Kier alpha value is -8.42. The van der Waals surface area contributed by atoms with E-state index in [1.807, 2.05) is 92.7 Å². The third-order valence-corrected chi connectivity index (χ3v) is 14.2. The van der Waals surface area contributed by atoms with Gasteiger partial charge in [-0.2, -0.15) is 0 Å². The molecule has 72 heavy (non-hydrogen) atoms. The molecule has 2 amide bonds. The van der Waals surface area contributed by atoms with Crippen LogP contribution in [0, 0.1) is 5.92 Å². The molecule has 12 rings (SSSR count). The van der Waals surface area contributed by atoms with Gasteiger partial charge in [-0.3, -0.25) is 4.79 Å². The molecule has 13 heteroatoms. The Morgan fingerprint density at radius 1 is 0.819 bits per heavy atom. The molecule has 0 saturated heterocycles. The van der Waals surface area contributed by atoms with E-state index in [0.717, 1.165) is 66.7 Å². The number of amides is 2. The first-order valence-electron chi connectivity index (χ1n) is 24.3. The molecular weight excluding hydrogens is 905 g/mol. The molecule has 10 bridgehead atoms. The van der Waals surface area contributed by atoms with Crippen LogP contribution >= 0.6 is 0 Å². The SMILES string of the molecule is COCn1cc2c3c(cccc31)-c1cccc3c1N(Cc1ccccc1)C[C@]31c3cc(ccc3OCc3ccccc3)C[C@H](NC(=O)OCc3ccccc3)C(=O)N[C@@H](C(C)C)c3nc(c1o3)-c1ncc-2o1. The van der Waals surface area contributed by atoms with Gasteiger partial charge in [0.1, 0.15) is 43.2 Å². The second-order valence-electron chi connectivity index (χ2n) is 19.1. The fraction of sp³-hybridized carbons (Fsp3) is 0.220. The van der Waals surface area contributed by atoms with Crippen molar-refractivity contribution < 1.29 is 32.6 Å². The van der Waals surface area contributed by atoms with Crippen LogP contribution in [0.15, 0.2) is 167 Å². The zero-order chi connectivity index (χ0) is 48.9. The molecule has 3 aliphatic heterocycles. The van der Waals surface area contributed by atoms with Crippen LogP contribution in [0.25, 0.3) is 44.9 Å². The van der Waals surface area contributed by atoms with Crippen LogP contribution in [0.5, 0.6) is 5.75 Å². The number of nitrogens with zero attached hydrogens (tertiary/aromatic N) is 4. The third kappa shape index (κ3) is 7.86. The molecule has 0 radical (unpaired) electrons. The van der Waals surface area contributed by atoms with E-state index in [4.69, 9.17) is 33.0 Å². The van der Waals surface area contributed by atoms with E-state index in [-0.39, 0.29) is 37.3 Å². The molecule has 0 unspecified atom stereocenters. The fourth-order valence-electron chi connectivity index (χ4n) is 10.8. The van der Waals surface area contributed by atoms with Gasteiger partial charge in [-0.15, -0.1) is 0 Å². The van der Waals surface area contributed by atoms with Crippen LogP contribution < -0.4 is 20.3 Å². The van der Waals surface area contributed by atoms with Crippen molar-refractivity contribution in [1.29, 1.82) is 0 Å². The fourth-order valence-corrected chi connectivity index (χ4v) is 10.8. The normalized spacial score (nSPS) is 17.6. The van der Waals surface area contributed by atoms with Crippen LogP contribution in [0.2, 0.25) is 0 Å². The first-order chi connectivity index (χ1) is 35.2. The summed E-state index contributed by atoms with van der Waals surface area (Å²) in [4.78, 5) is 41.3. The number of benzene rings is 6. The number of anilines is 1. The minimum Gasteiger partial charge on any atom is -0.489 e. The van der Waals surface area contributed by atoms with E-state index in [1.54, 1.807) is 13.3 Å². The average molecular weight is 957 g/mol. The average Bonchev–Trinajstić information content (AvgIpc) is 4.22. The summed E-state index contributed by atoms with van der Waals surface area (Å²) >= 11 is 0. The Bertz CT molecular complexity index is 3480. The van der Waals surface area contributed by atoms with Crippen molar-refractivity contribution in [2.24, 2.45) is 5.92 Å². The zero-order valence-electron chi connectivity index (χ0n) is 40.1. The van der Waals surface area contributed by atoms with Gasteiger partial charge in [0, 0.05) is 60.6 Å². The molecular formula is C59H52N6O7. The maximum Gasteiger partial charge on any atom is 0.408 e. The number of nitrogens with one attached hydrogen (secondary N) is 2. The Morgan fingerprint density at radius 3 is 2.29 bits per heavy atom. The number of para-hydroxylation sites is 1. The molecule has 13 nitrogen and oxygen atoms in total. The lowest BCUT2D eigenvalue weighted by Crippen LogP contribution is -2.49. The first kappa shape index (κ1) is 44.8. The summed E-state index contributed by atoms with van der Waals surface area (Å²) in [6.45, 7) is 5.58. The molecule has 0 saturated carbocycles. The highest BCUT2D eigenvalue weighted by atomic mass is 16.5. The minimum absolute atomic E-state index is 0.0372. The van der Waals surface area contributed by atoms with Gasteiger partial charge in [-0.1, -0.05) is 147 Å². The molecule has 9 aromatic rings. The highest BCUT2D eigenvalue weighted by molar-refractivity contribution is 6.08. The van der Waals surface area contributed by atoms with Crippen LogP contribution in [0.3, 0.4) is 0 Å². The van der Waals surface area contributed by atoms with Gasteiger partial charge in [0.2, 0.25) is 17.7 Å². The van der Waals surface area contributed by atoms with Crippen molar-refractivity contribution in [3.63, 3.8) is 0 Å². The predicted octanol–water partition coefficient (Wildman–Crippen LogP) is 11.1. The Morgan fingerprint density at radius 2 is 1.54 bits per heavy atom. The number of rotatable bonds is 11. The monoisotopic (exact) mass is 956 g/mol. The van der Waals surface area contributed by atoms with E-state index >= 15 is 0 Å². The van der Waals surface area contributed by atoms with Gasteiger partial charge in [0.15, 0.2) is 17.2 Å². The Kier molecular flexibility index (Phi) is 11.4. The first-order valence-corrected chi connectivity index (χ1v) is 24.3. The molecule has 1 spiro atoms. The number of hydrogen-bond acceptors (Lipinski definition) is 10. The van der Waals surface area contributed by atoms with Crippen molar-refractivity contribution in [2.75, 3.05) is 18.6 Å². The number of alkyl carbamates (subject to hydrolysis) is 1. The van der Waals surface area contributed by atoms with Gasteiger partial charge in [-0.25, -0.2) is 14.8 Å². The zero-order valence-corrected chi connectivity index (χ0v) is 40.1. The lowest BCUT2D eigenvalue weighted by Gasteiger charge is -2.33. The molecule has 3 aromatic heterocycles. The highest BCUT2D eigenvalue weighted by Crippen LogP contribution is 2.58. The molecule has 0 aliphatic carbocycles. The van der Waals surface area contributed by atoms with E-state index in [2.05, 4.69) is 93.0 Å². The van der Waals surface area contributed by atoms with Gasteiger partial charge in [-0.05, 0) is 51.4 Å². The predicted molar refractivity (Wildman–Crippen MR) is 273 cm³/mol. The summed E-state index contributed by atoms with van der Waals surface area (Å²) in [6.07, 6.45) is 3.21. The third-order valence-electron chi connectivity index (χ3n) is 14.2. The quantitative estimate of drug-likeness (QED) is 0.128. The number of carbonyl (C=O) groups excluding carboxylic acids is 2. The molecule has 360 valence electrons. The molecule has 3 aliphatic rings. The standard InChI is InChI=1S/C59H52N6O7/c1-36(2)51-57-63-52-54(72-57)59(45-27-40(25-26-48(45)69-32-38-17-9-5-10-18-38)28-46(55(66)62-51)61-58(67)70-33-39-19-11-6-12-20-39)34-64(30-37-15-7-4-8-16-37)53-42(22-13-23-44(53)59)41-21-14-24-47-50(41)43(31-65(47)35-68-3)49-29-60-56(52)71-49/h4-27,29,31,36,46,51H,28,30,32-35H2,1-3H3,(H,61,67)(H,62,66)/t46-,51-,59+/m0/s1. The molecule has 2 N–H and O–H groups in total. The number of oxazole rings is 2. The molecule has 6 heterocycles. The van der Waals surface area contributed by atoms with E-state index in [9.17, 15) is 9.59 Å². The second-order valence-corrected chi connectivity index (χ2v) is 19.1. The number of aromatic nitrogens is 3. The van der Waals surface area contributed by atoms with Gasteiger partial charge in [0.05, 0.1) is 11.7 Å². The van der Waals surface area contributed by atoms with E-state index in [1.165, 1.54) is 0 Å². The lowest BCUT2D eigenvalue weighted by molar-refractivity contribution is -0.124. The van der Waals surface area contributed by atoms with Crippen molar-refractivity contribution in [1.82, 2.24) is 25.2 Å². The van der Waals surface area contributed by atoms with Crippen molar-refractivity contribution >= 4 is 28.6 Å². The molecule has 3 atom stereocenters. The maximum atomic E-state index is 14.8. The topological polar surface area (TPSA) is 146 Å². The Labute approximate surface area is 416 Å². The van der Waals surface area contributed by atoms with Crippen molar-refractivity contribution in [3.8, 4) is 39.8 Å². The summed E-state index contributed by atoms with van der Waals surface area (Å²) in [5, 5.41) is 7.16. The van der Waals surface area contributed by atoms with Gasteiger partial charge in [0.25, 0.3) is 0 Å². The maximum absolute atomic E-state index is 14.8. The Balaban J connectivity index is 1.14. The number of methoxy groups -OCH3 is 1. The summed E-state index contributed by atoms with van der Waals surface area (Å²) < 4.78 is 34.9. The lowest BCUT2D eigenvalue weighted by atomic mass is 9.71. The second kappa shape index (κ2) is 18.4. The van der Waals surface area contributed by atoms with Crippen LogP contribution in [0.1, 0.15) is 64.9 Å². The van der Waals surface area contributed by atoms with Gasteiger partial charge >= 0.3 is 6.09 Å². The summed E-state index contributed by atoms with van der Waals surface area (Å²) in [7, 11) is 1.69. The minimum atomic E-state index is -1.16. The van der Waals surface area contributed by atoms with Crippen LogP contribution in [-0.4, -0.2) is 46.2 Å². The van der Waals surface area contributed by atoms with E-state index in [0.29, 0.717) is 42.8 Å². The number of fused-ring (bicyclic) bond motifs is 8. The largest absolute Gasteiger partial charge is 0.489 e. The summed E-state index contributed by atoms with van der Waals surface area (Å²) in [5.41, 5.74) is 9.58. The van der Waals surface area contributed by atoms with Gasteiger partial charge < -0.3 is 43.1 Å².